The van der Waals surface area contributed by atoms with Crippen LogP contribution in [-0.4, -0.2) is 39.8 Å². The van der Waals surface area contributed by atoms with E-state index in [1.165, 1.54) is 0 Å². The molecular weight excluding hydrogens is 321 g/mol. The van der Waals surface area contributed by atoms with Crippen LogP contribution >= 0.6 is 27.5 Å². The highest BCUT2D eigenvalue weighted by Gasteiger charge is 2.35. The number of nitrogens with zero attached hydrogens (tertiary/aromatic N) is 1. The standard InChI is InChI=1S/C12H13BrClNO3/c13-10-3-8(14)2-1-7(10)5-15-6-9(16)4-11(15)12(17)18/h1-3,9,11,16H,4-6H2,(H,17,18)/t9-,11-/m1/s1. The summed E-state index contributed by atoms with van der Waals surface area (Å²) in [6.07, 6.45) is -0.294. The molecule has 2 N–H and O–H groups in total. The van der Waals surface area contributed by atoms with Crippen molar-refractivity contribution < 1.29 is 15.0 Å². The summed E-state index contributed by atoms with van der Waals surface area (Å²) < 4.78 is 0.848. The largest absolute Gasteiger partial charge is 0.480 e. The van der Waals surface area contributed by atoms with E-state index in [9.17, 15) is 9.90 Å². The van der Waals surface area contributed by atoms with Gasteiger partial charge in [-0.25, -0.2) is 0 Å². The lowest BCUT2D eigenvalue weighted by atomic mass is 10.2. The van der Waals surface area contributed by atoms with Crippen molar-refractivity contribution in [3.05, 3.63) is 33.3 Å². The number of hydrogen-bond acceptors (Lipinski definition) is 3. The van der Waals surface area contributed by atoms with Crippen LogP contribution in [0.15, 0.2) is 22.7 Å². The molecule has 0 saturated carbocycles. The van der Waals surface area contributed by atoms with E-state index in [0.717, 1.165) is 10.0 Å². The first-order valence-corrected chi connectivity index (χ1v) is 6.73. The summed E-state index contributed by atoms with van der Waals surface area (Å²) >= 11 is 9.26. The van der Waals surface area contributed by atoms with E-state index in [-0.39, 0.29) is 6.42 Å². The Kier molecular flexibility index (Phi) is 4.27. The summed E-state index contributed by atoms with van der Waals surface area (Å²) in [4.78, 5) is 12.9. The number of halogens is 2. The second-order valence-electron chi connectivity index (χ2n) is 4.41. The third-order valence-corrected chi connectivity index (χ3v) is 4.03. The number of carboxylic acid groups (broad SMARTS) is 1. The Labute approximate surface area is 118 Å². The Hall–Kier alpha value is -0.620. The number of rotatable bonds is 3. The van der Waals surface area contributed by atoms with Gasteiger partial charge in [-0.05, 0) is 17.7 Å². The van der Waals surface area contributed by atoms with Crippen molar-refractivity contribution >= 4 is 33.5 Å². The quantitative estimate of drug-likeness (QED) is 0.889. The number of aliphatic carboxylic acids is 1. The predicted molar refractivity (Wildman–Crippen MR) is 71.6 cm³/mol. The fourth-order valence-corrected chi connectivity index (χ4v) is 2.99. The zero-order chi connectivity index (χ0) is 13.3. The Morgan fingerprint density at radius 3 is 2.89 bits per heavy atom. The minimum Gasteiger partial charge on any atom is -0.480 e. The minimum absolute atomic E-state index is 0.278. The van der Waals surface area contributed by atoms with Crippen LogP contribution in [0.2, 0.25) is 5.02 Å². The van der Waals surface area contributed by atoms with Crippen molar-refractivity contribution in [2.45, 2.75) is 25.1 Å². The Bertz CT molecular complexity index is 469. The molecule has 18 heavy (non-hydrogen) atoms. The van der Waals surface area contributed by atoms with Gasteiger partial charge in [-0.1, -0.05) is 33.6 Å². The molecule has 0 unspecified atom stereocenters. The summed E-state index contributed by atoms with van der Waals surface area (Å²) in [6.45, 7) is 0.859. The fraction of sp³-hybridized carbons (Fsp3) is 0.417. The number of carbonyl (C=O) groups is 1. The van der Waals surface area contributed by atoms with E-state index in [2.05, 4.69) is 15.9 Å². The molecule has 1 fully saturated rings. The number of β-amino-alcohol motifs (C(OH)–C–C–N with tert-alkyl or cyclic N) is 1. The van der Waals surface area contributed by atoms with Crippen molar-refractivity contribution in [3.8, 4) is 0 Å². The van der Waals surface area contributed by atoms with Gasteiger partial charge < -0.3 is 10.2 Å². The zero-order valence-electron chi connectivity index (χ0n) is 9.51. The van der Waals surface area contributed by atoms with Gasteiger partial charge in [0.1, 0.15) is 6.04 Å². The van der Waals surface area contributed by atoms with Gasteiger partial charge in [-0.15, -0.1) is 0 Å². The number of carboxylic acids is 1. The van der Waals surface area contributed by atoms with Crippen LogP contribution in [0.25, 0.3) is 0 Å². The number of aliphatic hydroxyl groups is 1. The number of hydrogen-bond donors (Lipinski definition) is 2. The number of likely N-dealkylation sites (tertiary alicyclic amines) is 1. The van der Waals surface area contributed by atoms with Crippen LogP contribution in [-0.2, 0) is 11.3 Å². The van der Waals surface area contributed by atoms with E-state index in [0.29, 0.717) is 18.1 Å². The molecule has 2 atom stereocenters. The van der Waals surface area contributed by atoms with Gasteiger partial charge in [0.25, 0.3) is 0 Å². The molecule has 1 aliphatic rings. The molecule has 2 rings (SSSR count). The van der Waals surface area contributed by atoms with Crippen molar-refractivity contribution in [3.63, 3.8) is 0 Å². The molecule has 6 heteroatoms. The van der Waals surface area contributed by atoms with Crippen LogP contribution in [0.1, 0.15) is 12.0 Å². The van der Waals surface area contributed by atoms with Crippen LogP contribution in [0, 0.1) is 0 Å². The molecule has 0 amide bonds. The molecule has 1 aromatic carbocycles. The van der Waals surface area contributed by atoms with Gasteiger partial charge in [0, 0.05) is 29.0 Å². The lowest BCUT2D eigenvalue weighted by molar-refractivity contribution is -0.142. The number of benzene rings is 1. The third kappa shape index (κ3) is 3.03. The maximum atomic E-state index is 11.1. The Morgan fingerprint density at radius 1 is 1.56 bits per heavy atom. The van der Waals surface area contributed by atoms with Gasteiger partial charge in [0.2, 0.25) is 0 Å². The van der Waals surface area contributed by atoms with Crippen molar-refractivity contribution in [1.29, 1.82) is 0 Å². The first-order chi connectivity index (χ1) is 8.47. The predicted octanol–water partition coefficient (Wildman–Crippen LogP) is 2.12. The van der Waals surface area contributed by atoms with Crippen molar-refractivity contribution in [2.24, 2.45) is 0 Å². The van der Waals surface area contributed by atoms with Crippen molar-refractivity contribution in [2.75, 3.05) is 6.54 Å². The molecule has 1 saturated heterocycles. The van der Waals surface area contributed by atoms with Crippen LogP contribution in [0.4, 0.5) is 0 Å². The summed E-state index contributed by atoms with van der Waals surface area (Å²) in [5.41, 5.74) is 0.958. The monoisotopic (exact) mass is 333 g/mol. The summed E-state index contributed by atoms with van der Waals surface area (Å²) in [5, 5.41) is 19.3. The van der Waals surface area contributed by atoms with E-state index >= 15 is 0 Å². The second kappa shape index (κ2) is 5.57. The summed E-state index contributed by atoms with van der Waals surface area (Å²) in [6, 6.07) is 4.78. The minimum atomic E-state index is -0.892. The molecule has 98 valence electrons. The van der Waals surface area contributed by atoms with Crippen LogP contribution < -0.4 is 0 Å². The topological polar surface area (TPSA) is 60.8 Å². The van der Waals surface area contributed by atoms with E-state index in [1.807, 2.05) is 6.07 Å². The highest BCUT2D eigenvalue weighted by molar-refractivity contribution is 9.10. The van der Waals surface area contributed by atoms with Gasteiger partial charge in [0.05, 0.1) is 6.10 Å². The second-order valence-corrected chi connectivity index (χ2v) is 5.70. The van der Waals surface area contributed by atoms with Gasteiger partial charge in [-0.3, -0.25) is 9.69 Å². The molecule has 0 spiro atoms. The molecule has 0 aromatic heterocycles. The van der Waals surface area contributed by atoms with Crippen LogP contribution in [0.5, 0.6) is 0 Å². The van der Waals surface area contributed by atoms with Gasteiger partial charge in [-0.2, -0.15) is 0 Å². The third-order valence-electron chi connectivity index (χ3n) is 3.05. The highest BCUT2D eigenvalue weighted by Crippen LogP contribution is 2.26. The number of aliphatic hydroxyl groups excluding tert-OH is 1. The van der Waals surface area contributed by atoms with Gasteiger partial charge in [0.15, 0.2) is 0 Å². The molecule has 1 heterocycles. The molecule has 0 bridgehead atoms. The molecule has 1 aromatic rings. The average molecular weight is 335 g/mol. The summed E-state index contributed by atoms with van der Waals surface area (Å²) in [7, 11) is 0. The van der Waals surface area contributed by atoms with E-state index < -0.39 is 18.1 Å². The lowest BCUT2D eigenvalue weighted by Gasteiger charge is -2.21. The van der Waals surface area contributed by atoms with E-state index in [4.69, 9.17) is 16.7 Å². The SMILES string of the molecule is O=C(O)[C@H]1C[C@@H](O)CN1Cc1ccc(Cl)cc1Br. The molecular formula is C12H13BrClNO3. The lowest BCUT2D eigenvalue weighted by Crippen LogP contribution is -2.35. The fourth-order valence-electron chi connectivity index (χ4n) is 2.18. The zero-order valence-corrected chi connectivity index (χ0v) is 11.9. The Morgan fingerprint density at radius 2 is 2.28 bits per heavy atom. The summed E-state index contributed by atoms with van der Waals surface area (Å²) in [5.74, 6) is -0.892. The first kappa shape index (κ1) is 13.8. The van der Waals surface area contributed by atoms with Crippen molar-refractivity contribution in [1.82, 2.24) is 4.90 Å². The highest BCUT2D eigenvalue weighted by atomic mass is 79.9. The average Bonchev–Trinajstić information content (AvgIpc) is 2.64. The molecule has 1 aliphatic heterocycles. The maximum Gasteiger partial charge on any atom is 0.321 e. The normalized spacial score (nSPS) is 24.4. The first-order valence-electron chi connectivity index (χ1n) is 5.56. The molecule has 0 radical (unpaired) electrons. The maximum absolute atomic E-state index is 11.1. The molecule has 4 nitrogen and oxygen atoms in total. The molecule has 0 aliphatic carbocycles. The van der Waals surface area contributed by atoms with Gasteiger partial charge >= 0.3 is 5.97 Å². The van der Waals surface area contributed by atoms with Crippen LogP contribution in [0.3, 0.4) is 0 Å². The smallest absolute Gasteiger partial charge is 0.321 e. The Balaban J connectivity index is 2.15. The van der Waals surface area contributed by atoms with E-state index in [1.54, 1.807) is 17.0 Å².